The Morgan fingerprint density at radius 2 is 2.19 bits per heavy atom. The predicted molar refractivity (Wildman–Crippen MR) is 64.7 cm³/mol. The Hall–Kier alpha value is -1.65. The van der Waals surface area contributed by atoms with Crippen molar-refractivity contribution >= 4 is 30.6 Å². The first-order valence-corrected chi connectivity index (χ1v) is 5.14. The Balaban J connectivity index is 2.54. The van der Waals surface area contributed by atoms with Gasteiger partial charge in [-0.3, -0.25) is 4.79 Å². The lowest BCUT2D eigenvalue weighted by Crippen LogP contribution is -2.21. The van der Waals surface area contributed by atoms with E-state index in [9.17, 15) is 4.79 Å². The van der Waals surface area contributed by atoms with E-state index >= 15 is 0 Å². The van der Waals surface area contributed by atoms with Crippen LogP contribution >= 0.6 is 0 Å². The molecule has 1 amide bonds. The molecule has 2 radical (unpaired) electrons. The van der Waals surface area contributed by atoms with Gasteiger partial charge in [0.1, 0.15) is 19.3 Å². The third-order valence-corrected chi connectivity index (χ3v) is 2.57. The summed E-state index contributed by atoms with van der Waals surface area (Å²) < 4.78 is 5.20. The summed E-state index contributed by atoms with van der Waals surface area (Å²) >= 11 is 0. The monoisotopic (exact) mass is 216 g/mol. The van der Waals surface area contributed by atoms with E-state index in [0.29, 0.717) is 23.3 Å². The van der Waals surface area contributed by atoms with E-state index in [4.69, 9.17) is 12.6 Å². The number of fused-ring (bicyclic) bond motifs is 1. The summed E-state index contributed by atoms with van der Waals surface area (Å²) in [7, 11) is 7.43. The normalized spacial score (nSPS) is 19.1. The summed E-state index contributed by atoms with van der Waals surface area (Å²) in [5, 5.41) is 6.01. The first-order chi connectivity index (χ1) is 7.61. The maximum Gasteiger partial charge on any atom is 0.226 e. The molecule has 0 saturated carbocycles. The minimum atomic E-state index is -0.0392. The highest BCUT2D eigenvalue weighted by molar-refractivity contribution is 6.37. The molecule has 1 atom stereocenters. The molecule has 1 aliphatic heterocycles. The smallest absolute Gasteiger partial charge is 0.226 e. The molecule has 5 heteroatoms. The average Bonchev–Trinajstić information content (AvgIpc) is 2.37. The van der Waals surface area contributed by atoms with Gasteiger partial charge in [-0.1, -0.05) is 11.5 Å². The van der Waals surface area contributed by atoms with E-state index in [1.54, 1.807) is 19.2 Å². The fraction of sp³-hybridized carbons (Fsp3) is 0.364. The molecule has 1 heterocycles. The highest BCUT2D eigenvalue weighted by atomic mass is 16.5. The van der Waals surface area contributed by atoms with Gasteiger partial charge in [0.15, 0.2) is 0 Å². The van der Waals surface area contributed by atoms with E-state index in [2.05, 4.69) is 10.6 Å². The molecule has 0 bridgehead atoms. The number of ether oxygens (including phenoxy) is 1. The molecular formula is C11H13BN2O2. The van der Waals surface area contributed by atoms with Crippen LogP contribution in [0.25, 0.3) is 0 Å². The average molecular weight is 216 g/mol. The lowest BCUT2D eigenvalue weighted by Gasteiger charge is -2.16. The van der Waals surface area contributed by atoms with Crippen molar-refractivity contribution < 1.29 is 9.53 Å². The fourth-order valence-corrected chi connectivity index (χ4v) is 1.82. The first kappa shape index (κ1) is 10.9. The Morgan fingerprint density at radius 3 is 2.88 bits per heavy atom. The van der Waals surface area contributed by atoms with Crippen LogP contribution in [0, 0.1) is 0 Å². The summed E-state index contributed by atoms with van der Waals surface area (Å²) in [6.07, 6.45) is 0.414. The van der Waals surface area contributed by atoms with E-state index in [-0.39, 0.29) is 11.9 Å². The van der Waals surface area contributed by atoms with Crippen LogP contribution in [0.5, 0.6) is 5.75 Å². The van der Waals surface area contributed by atoms with Crippen molar-refractivity contribution in [2.24, 2.45) is 0 Å². The van der Waals surface area contributed by atoms with Gasteiger partial charge in [0.05, 0.1) is 12.8 Å². The first-order valence-electron chi connectivity index (χ1n) is 5.14. The van der Waals surface area contributed by atoms with Crippen LogP contribution in [0.4, 0.5) is 11.4 Å². The summed E-state index contributed by atoms with van der Waals surface area (Å²) in [6.45, 7) is 1.94. The molecule has 1 aromatic carbocycles. The standard InChI is InChI=1S/C11H13BN2O2/c1-6-5-9(15)14-11-8(16-2)4-3-7(12)10(11)13-6/h3-4,6,13H,5H2,1-2H3,(H,14,15)/t6-/m1/s1. The number of carbonyl (C=O) groups is 1. The number of hydrogen-bond donors (Lipinski definition) is 2. The van der Waals surface area contributed by atoms with Crippen LogP contribution < -0.4 is 20.8 Å². The van der Waals surface area contributed by atoms with Crippen molar-refractivity contribution in [2.75, 3.05) is 17.7 Å². The van der Waals surface area contributed by atoms with E-state index in [1.807, 2.05) is 6.92 Å². The SMILES string of the molecule is [B]c1ccc(OC)c2c1N[C@H](C)CC(=O)N2. The minimum Gasteiger partial charge on any atom is -0.494 e. The van der Waals surface area contributed by atoms with Gasteiger partial charge in [-0.15, -0.1) is 0 Å². The van der Waals surface area contributed by atoms with Crippen molar-refractivity contribution in [2.45, 2.75) is 19.4 Å². The summed E-state index contributed by atoms with van der Waals surface area (Å²) in [6, 6.07) is 3.55. The van der Waals surface area contributed by atoms with Crippen molar-refractivity contribution in [3.63, 3.8) is 0 Å². The zero-order valence-corrected chi connectivity index (χ0v) is 9.33. The maximum atomic E-state index is 11.6. The van der Waals surface area contributed by atoms with Crippen molar-refractivity contribution in [3.05, 3.63) is 12.1 Å². The molecule has 0 aliphatic carbocycles. The van der Waals surface area contributed by atoms with Crippen molar-refractivity contribution in [1.29, 1.82) is 0 Å². The maximum absolute atomic E-state index is 11.6. The molecule has 0 unspecified atom stereocenters. The van der Waals surface area contributed by atoms with Crippen LogP contribution in [0.2, 0.25) is 0 Å². The van der Waals surface area contributed by atoms with Gasteiger partial charge in [-0.05, 0) is 13.0 Å². The number of amides is 1. The highest BCUT2D eigenvalue weighted by Crippen LogP contribution is 2.33. The van der Waals surface area contributed by atoms with Crippen LogP contribution in [0.3, 0.4) is 0 Å². The second-order valence-corrected chi connectivity index (χ2v) is 3.90. The third-order valence-electron chi connectivity index (χ3n) is 2.57. The van der Waals surface area contributed by atoms with Gasteiger partial charge in [0, 0.05) is 12.5 Å². The number of benzene rings is 1. The van der Waals surface area contributed by atoms with Crippen LogP contribution in [-0.2, 0) is 4.79 Å². The number of methoxy groups -OCH3 is 1. The minimum absolute atomic E-state index is 0.0392. The van der Waals surface area contributed by atoms with Crippen LogP contribution in [0.15, 0.2) is 12.1 Å². The second-order valence-electron chi connectivity index (χ2n) is 3.90. The van der Waals surface area contributed by atoms with Crippen LogP contribution in [0.1, 0.15) is 13.3 Å². The molecule has 2 rings (SSSR count). The third kappa shape index (κ3) is 1.85. The lowest BCUT2D eigenvalue weighted by molar-refractivity contribution is -0.116. The number of anilines is 2. The number of carbonyl (C=O) groups excluding carboxylic acids is 1. The Kier molecular flexibility index (Phi) is 2.77. The van der Waals surface area contributed by atoms with Gasteiger partial charge in [0.2, 0.25) is 5.91 Å². The quantitative estimate of drug-likeness (QED) is 0.677. The van der Waals surface area contributed by atoms with Crippen molar-refractivity contribution in [1.82, 2.24) is 0 Å². The molecule has 16 heavy (non-hydrogen) atoms. The molecule has 4 nitrogen and oxygen atoms in total. The predicted octanol–water partition coefficient (Wildman–Crippen LogP) is 0.632. The molecule has 2 N–H and O–H groups in total. The zero-order chi connectivity index (χ0) is 11.7. The number of nitrogens with one attached hydrogen (secondary N) is 2. The molecule has 0 fully saturated rings. The van der Waals surface area contributed by atoms with Gasteiger partial charge in [-0.25, -0.2) is 0 Å². The molecule has 1 aromatic rings. The van der Waals surface area contributed by atoms with Gasteiger partial charge >= 0.3 is 0 Å². The summed E-state index contributed by atoms with van der Waals surface area (Å²) in [5.41, 5.74) is 1.96. The fourth-order valence-electron chi connectivity index (χ4n) is 1.82. The molecule has 0 spiro atoms. The van der Waals surface area contributed by atoms with E-state index in [0.717, 1.165) is 5.69 Å². The van der Waals surface area contributed by atoms with Crippen LogP contribution in [-0.4, -0.2) is 26.9 Å². The van der Waals surface area contributed by atoms with Gasteiger partial charge in [-0.2, -0.15) is 0 Å². The second kappa shape index (κ2) is 4.08. The molecule has 1 aliphatic rings. The molecule has 82 valence electrons. The Morgan fingerprint density at radius 1 is 1.44 bits per heavy atom. The van der Waals surface area contributed by atoms with E-state index < -0.39 is 0 Å². The largest absolute Gasteiger partial charge is 0.494 e. The summed E-state index contributed by atoms with van der Waals surface area (Å²) in [4.78, 5) is 11.6. The van der Waals surface area contributed by atoms with Gasteiger partial charge in [0.25, 0.3) is 0 Å². The molecule has 0 saturated heterocycles. The zero-order valence-electron chi connectivity index (χ0n) is 9.33. The Bertz CT molecular complexity index is 434. The molecular weight excluding hydrogens is 203 g/mol. The Labute approximate surface area is 95.8 Å². The summed E-state index contributed by atoms with van der Waals surface area (Å²) in [5.74, 6) is 0.571. The van der Waals surface area contributed by atoms with E-state index in [1.165, 1.54) is 0 Å². The highest BCUT2D eigenvalue weighted by Gasteiger charge is 2.21. The van der Waals surface area contributed by atoms with Gasteiger partial charge < -0.3 is 15.4 Å². The lowest BCUT2D eigenvalue weighted by atomic mass is 9.92. The number of rotatable bonds is 1. The molecule has 0 aromatic heterocycles. The topological polar surface area (TPSA) is 50.4 Å². The van der Waals surface area contributed by atoms with Crippen molar-refractivity contribution in [3.8, 4) is 5.75 Å². The number of hydrogen-bond acceptors (Lipinski definition) is 3.